The second kappa shape index (κ2) is 11.4. The zero-order chi connectivity index (χ0) is 32.3. The molecule has 0 amide bonds. The van der Waals surface area contributed by atoms with Crippen molar-refractivity contribution in [1.29, 1.82) is 0 Å². The van der Waals surface area contributed by atoms with Gasteiger partial charge in [-0.15, -0.1) is 0 Å². The lowest BCUT2D eigenvalue weighted by Crippen LogP contribution is -2.63. The third-order valence-electron chi connectivity index (χ3n) is 9.39. The van der Waals surface area contributed by atoms with Gasteiger partial charge in [0.05, 0.1) is 31.8 Å². The lowest BCUT2D eigenvalue weighted by Gasteiger charge is -2.47. The van der Waals surface area contributed by atoms with Crippen molar-refractivity contribution in [2.75, 3.05) is 10.9 Å². The molecule has 5 aromatic rings. The van der Waals surface area contributed by atoms with Crippen LogP contribution in [0.3, 0.4) is 0 Å². The van der Waals surface area contributed by atoms with E-state index in [4.69, 9.17) is 0 Å². The van der Waals surface area contributed by atoms with Crippen molar-refractivity contribution in [2.24, 2.45) is 0 Å². The Kier molecular flexibility index (Phi) is 7.32. The molecular formula is C40H38N4S2Si. The number of fused-ring (bicyclic) bond motifs is 2. The highest BCUT2D eigenvalue weighted by Gasteiger charge is 2.63. The molecule has 5 aromatic carbocycles. The van der Waals surface area contributed by atoms with E-state index in [1.807, 2.05) is 23.9 Å². The summed E-state index contributed by atoms with van der Waals surface area (Å²) in [4.78, 5) is 2.48. The Labute approximate surface area is 287 Å². The first-order valence-corrected chi connectivity index (χ1v) is 19.7. The van der Waals surface area contributed by atoms with E-state index in [0.717, 1.165) is 11.4 Å². The molecule has 2 N–H and O–H groups in total. The number of nitrogens with zero attached hydrogens (tertiary/aromatic N) is 2. The van der Waals surface area contributed by atoms with Gasteiger partial charge in [-0.1, -0.05) is 124 Å². The molecular weight excluding hydrogens is 629 g/mol. The van der Waals surface area contributed by atoms with Gasteiger partial charge < -0.3 is 0 Å². The summed E-state index contributed by atoms with van der Waals surface area (Å²) < 4.78 is 4.84. The number of benzene rings is 5. The first-order valence-electron chi connectivity index (χ1n) is 16.1. The van der Waals surface area contributed by atoms with Gasteiger partial charge in [-0.3, -0.25) is 10.9 Å². The topological polar surface area (TPSA) is 30.5 Å². The van der Waals surface area contributed by atoms with Gasteiger partial charge in [0.15, 0.2) is 0 Å². The average Bonchev–Trinajstić information content (AvgIpc) is 3.77. The minimum atomic E-state index is -2.95. The summed E-state index contributed by atoms with van der Waals surface area (Å²) in [6.45, 7) is 11.7. The number of hydrogen-bond acceptors (Lipinski definition) is 6. The van der Waals surface area contributed by atoms with Crippen LogP contribution in [0.4, 0.5) is 11.4 Å². The molecule has 0 fully saturated rings. The fourth-order valence-electron chi connectivity index (χ4n) is 7.39. The average molecular weight is 667 g/mol. The first-order chi connectivity index (χ1) is 22.8. The molecule has 0 radical (unpaired) electrons. The van der Waals surface area contributed by atoms with E-state index < -0.39 is 8.07 Å². The minimum absolute atomic E-state index is 0.143. The zero-order valence-corrected chi connectivity index (χ0v) is 30.0. The van der Waals surface area contributed by atoms with Crippen LogP contribution in [0, 0.1) is 13.8 Å². The van der Waals surface area contributed by atoms with E-state index in [-0.39, 0.29) is 5.04 Å². The third kappa shape index (κ3) is 4.83. The minimum Gasteiger partial charge on any atom is -0.287 e. The van der Waals surface area contributed by atoms with Crippen LogP contribution in [-0.2, 0) is 0 Å². The first kappa shape index (κ1) is 30.1. The van der Waals surface area contributed by atoms with Gasteiger partial charge in [-0.05, 0) is 70.6 Å². The van der Waals surface area contributed by atoms with Gasteiger partial charge in [0.2, 0.25) is 8.07 Å². The fraction of sp³-hybridized carbons (Fsp3) is 0.150. The Morgan fingerprint density at radius 1 is 0.532 bits per heavy atom. The Balaban J connectivity index is 1.50. The molecule has 3 heterocycles. The van der Waals surface area contributed by atoms with Crippen LogP contribution in [0.25, 0.3) is 11.1 Å². The van der Waals surface area contributed by atoms with E-state index in [9.17, 15) is 0 Å². The van der Waals surface area contributed by atoms with Crippen molar-refractivity contribution in [3.63, 3.8) is 0 Å². The third-order valence-corrected chi connectivity index (χ3v) is 17.6. The Morgan fingerprint density at radius 2 is 0.936 bits per heavy atom. The molecule has 7 heteroatoms. The molecule has 0 aromatic heterocycles. The standard InChI is InChI=1S/C40H38N4S2Si/c1-27-21-23-34-32(25-27)41-43(45-34)38-36(29-15-9-6-10-16-29)37(30-17-11-7-12-18-30)39(44-42-33-26-28(2)22-24-35(33)46-44)47(38,40(3,4)5)31-19-13-8-14-20-31/h6-26,41-42H,1-5H3. The van der Waals surface area contributed by atoms with Crippen molar-refractivity contribution in [1.82, 2.24) is 8.83 Å². The van der Waals surface area contributed by atoms with Gasteiger partial charge in [0, 0.05) is 35.0 Å². The van der Waals surface area contributed by atoms with E-state index in [2.05, 4.69) is 182 Å². The normalized spacial score (nSPS) is 16.7. The maximum atomic E-state index is 3.92. The Bertz CT molecular complexity index is 1930. The second-order valence-electron chi connectivity index (χ2n) is 13.5. The number of rotatable bonds is 5. The molecule has 4 nitrogen and oxygen atoms in total. The van der Waals surface area contributed by atoms with Crippen molar-refractivity contribution < 1.29 is 0 Å². The van der Waals surface area contributed by atoms with Crippen molar-refractivity contribution in [3.05, 3.63) is 160 Å². The van der Waals surface area contributed by atoms with Crippen LogP contribution < -0.4 is 16.0 Å². The molecule has 3 aliphatic rings. The quantitative estimate of drug-likeness (QED) is 0.143. The van der Waals surface area contributed by atoms with Crippen LogP contribution in [0.5, 0.6) is 0 Å². The smallest absolute Gasteiger partial charge is 0.202 e. The highest BCUT2D eigenvalue weighted by atomic mass is 32.2. The van der Waals surface area contributed by atoms with E-state index >= 15 is 0 Å². The molecule has 234 valence electrons. The van der Waals surface area contributed by atoms with Crippen molar-refractivity contribution >= 4 is 59.7 Å². The van der Waals surface area contributed by atoms with Crippen LogP contribution in [0.15, 0.2) is 148 Å². The molecule has 3 aliphatic heterocycles. The number of anilines is 2. The van der Waals surface area contributed by atoms with Gasteiger partial charge in [0.25, 0.3) is 0 Å². The van der Waals surface area contributed by atoms with Gasteiger partial charge in [0.1, 0.15) is 0 Å². The Morgan fingerprint density at radius 3 is 1.34 bits per heavy atom. The summed E-state index contributed by atoms with van der Waals surface area (Å²) in [5, 5.41) is 3.98. The lowest BCUT2D eigenvalue weighted by molar-refractivity contribution is 0.661. The van der Waals surface area contributed by atoms with Crippen LogP contribution >= 0.6 is 23.9 Å². The summed E-state index contributed by atoms with van der Waals surface area (Å²) >= 11 is 3.62. The Hall–Kier alpha value is -4.30. The molecule has 0 aliphatic carbocycles. The number of hydrazine groups is 2. The molecule has 8 rings (SSSR count). The highest BCUT2D eigenvalue weighted by molar-refractivity contribution is 7.98. The van der Waals surface area contributed by atoms with Crippen LogP contribution in [0.2, 0.25) is 5.04 Å². The van der Waals surface area contributed by atoms with Crippen molar-refractivity contribution in [3.8, 4) is 0 Å². The van der Waals surface area contributed by atoms with Crippen LogP contribution in [0.1, 0.15) is 43.0 Å². The van der Waals surface area contributed by atoms with Gasteiger partial charge in [-0.2, -0.15) is 0 Å². The SMILES string of the molecule is Cc1ccc2c(c1)NN(C1=C(c3ccccc3)C(c3ccccc3)=C(N3Nc4cc(C)ccc4S3)[Si]1(c1ccccc1)C(C)(C)C)S2. The maximum absolute atomic E-state index is 3.92. The maximum Gasteiger partial charge on any atom is 0.202 e. The second-order valence-corrected chi connectivity index (χ2v) is 20.0. The zero-order valence-electron chi connectivity index (χ0n) is 27.3. The molecule has 0 spiro atoms. The predicted molar refractivity (Wildman–Crippen MR) is 203 cm³/mol. The molecule has 0 saturated heterocycles. The lowest BCUT2D eigenvalue weighted by atomic mass is 9.94. The molecule has 47 heavy (non-hydrogen) atoms. The molecule has 0 unspecified atom stereocenters. The molecule has 0 bridgehead atoms. The largest absolute Gasteiger partial charge is 0.287 e. The number of aryl methyl sites for hydroxylation is 2. The van der Waals surface area contributed by atoms with Gasteiger partial charge >= 0.3 is 0 Å². The molecule has 0 atom stereocenters. The molecule has 0 saturated carbocycles. The van der Waals surface area contributed by atoms with E-state index in [0.29, 0.717) is 0 Å². The fourth-order valence-corrected chi connectivity index (χ4v) is 16.0. The summed E-state index contributed by atoms with van der Waals surface area (Å²) in [5.41, 5.74) is 17.7. The summed E-state index contributed by atoms with van der Waals surface area (Å²) in [5.74, 6) is 0. The van der Waals surface area contributed by atoms with Gasteiger partial charge in [-0.25, -0.2) is 8.83 Å². The van der Waals surface area contributed by atoms with E-state index in [1.54, 1.807) is 0 Å². The van der Waals surface area contributed by atoms with E-state index in [1.165, 1.54) is 59.0 Å². The number of allylic oxidation sites excluding steroid dienone is 2. The summed E-state index contributed by atoms with van der Waals surface area (Å²) in [7, 11) is -2.95. The van der Waals surface area contributed by atoms with Crippen LogP contribution in [-0.4, -0.2) is 16.9 Å². The van der Waals surface area contributed by atoms with Crippen molar-refractivity contribution in [2.45, 2.75) is 49.4 Å². The highest BCUT2D eigenvalue weighted by Crippen LogP contribution is 2.62. The predicted octanol–water partition coefficient (Wildman–Crippen LogP) is 10.4. The summed E-state index contributed by atoms with van der Waals surface area (Å²) in [6.07, 6.45) is 0. The summed E-state index contributed by atoms with van der Waals surface area (Å²) in [6, 6.07) is 46.9. The number of nitrogens with one attached hydrogen (secondary N) is 2. The number of hydrogen-bond donors (Lipinski definition) is 2. The monoisotopic (exact) mass is 666 g/mol.